The Morgan fingerprint density at radius 3 is 2.91 bits per heavy atom. The van der Waals surface area contributed by atoms with E-state index in [9.17, 15) is 4.79 Å². The number of fused-ring (bicyclic) bond motifs is 1. The van der Waals surface area contributed by atoms with E-state index in [0.29, 0.717) is 11.6 Å². The lowest BCUT2D eigenvalue weighted by atomic mass is 9.93. The number of pyridine rings is 1. The molecule has 1 aliphatic heterocycles. The van der Waals surface area contributed by atoms with E-state index in [4.69, 9.17) is 5.21 Å². The van der Waals surface area contributed by atoms with Crippen LogP contribution in [0.3, 0.4) is 0 Å². The predicted molar refractivity (Wildman–Crippen MR) is 82.6 cm³/mol. The molecule has 3 rings (SSSR count). The maximum absolute atomic E-state index is 11.5. The number of amides is 1. The van der Waals surface area contributed by atoms with Crippen LogP contribution in [0.4, 0.5) is 0 Å². The highest BCUT2D eigenvalue weighted by molar-refractivity contribution is 5.93. The van der Waals surface area contributed by atoms with Crippen molar-refractivity contribution in [1.82, 2.24) is 15.4 Å². The third-order valence-corrected chi connectivity index (χ3v) is 4.21. The summed E-state index contributed by atoms with van der Waals surface area (Å²) in [4.78, 5) is 18.2. The molecule has 2 aromatic rings. The number of hydrogen-bond acceptors (Lipinski definition) is 4. The summed E-state index contributed by atoms with van der Waals surface area (Å²) in [6, 6.07) is 12.6. The Balaban J connectivity index is 1.79. The molecule has 0 bridgehead atoms. The second-order valence-corrected chi connectivity index (χ2v) is 5.73. The summed E-state index contributed by atoms with van der Waals surface area (Å²) < 4.78 is 0. The molecule has 114 valence electrons. The van der Waals surface area contributed by atoms with Crippen molar-refractivity contribution < 1.29 is 10.0 Å². The summed E-state index contributed by atoms with van der Waals surface area (Å²) in [7, 11) is 2.09. The molecule has 0 saturated heterocycles. The second kappa shape index (κ2) is 6.25. The molecule has 0 aliphatic carbocycles. The molecule has 0 spiro atoms. The van der Waals surface area contributed by atoms with E-state index in [1.807, 2.05) is 12.1 Å². The first-order chi connectivity index (χ1) is 10.7. The van der Waals surface area contributed by atoms with Gasteiger partial charge < -0.3 is 0 Å². The first-order valence-corrected chi connectivity index (χ1v) is 7.34. The molecule has 1 aliphatic rings. The molecular formula is C17H19N3O2. The average Bonchev–Trinajstić information content (AvgIpc) is 2.55. The Labute approximate surface area is 129 Å². The Morgan fingerprint density at radius 2 is 2.18 bits per heavy atom. The highest BCUT2D eigenvalue weighted by atomic mass is 16.5. The van der Waals surface area contributed by atoms with Crippen LogP contribution in [0, 0.1) is 0 Å². The molecule has 5 nitrogen and oxygen atoms in total. The van der Waals surface area contributed by atoms with Crippen LogP contribution in [-0.2, 0) is 19.4 Å². The van der Waals surface area contributed by atoms with Crippen molar-refractivity contribution >= 4 is 5.91 Å². The fraction of sp³-hybridized carbons (Fsp3) is 0.294. The normalized spacial score (nSPS) is 17.8. The van der Waals surface area contributed by atoms with Crippen LogP contribution in [0.15, 0.2) is 42.6 Å². The predicted octanol–water partition coefficient (Wildman–Crippen LogP) is 1.80. The zero-order chi connectivity index (χ0) is 15.5. The van der Waals surface area contributed by atoms with E-state index in [1.54, 1.807) is 5.48 Å². The number of likely N-dealkylation sites (N-methyl/N-ethyl adjacent to an activating group) is 1. The Morgan fingerprint density at radius 1 is 1.41 bits per heavy atom. The number of rotatable bonds is 3. The minimum Gasteiger partial charge on any atom is -0.298 e. The number of carbonyl (C=O) groups is 1. The van der Waals surface area contributed by atoms with Crippen LogP contribution in [0.5, 0.6) is 0 Å². The van der Waals surface area contributed by atoms with E-state index < -0.39 is 5.91 Å². The average molecular weight is 297 g/mol. The standard InChI is InChI=1S/C17H19N3O2/c1-20-11-14-8-13(17(21)19-22)10-18-16(14)9-15(20)7-12-5-3-2-4-6-12/h2-6,8,10,15,22H,7,9,11H2,1H3,(H,19,21)/t15-/m0/s1. The maximum atomic E-state index is 11.5. The second-order valence-electron chi connectivity index (χ2n) is 5.73. The van der Waals surface area contributed by atoms with Crippen molar-refractivity contribution in [1.29, 1.82) is 0 Å². The molecule has 0 saturated carbocycles. The first-order valence-electron chi connectivity index (χ1n) is 7.34. The topological polar surface area (TPSA) is 65.5 Å². The largest absolute Gasteiger partial charge is 0.298 e. The van der Waals surface area contributed by atoms with Gasteiger partial charge in [0.1, 0.15) is 0 Å². The zero-order valence-corrected chi connectivity index (χ0v) is 12.5. The number of hydroxylamine groups is 1. The van der Waals surface area contributed by atoms with Gasteiger partial charge in [-0.05, 0) is 30.7 Å². The minimum absolute atomic E-state index is 0.385. The number of nitrogens with one attached hydrogen (secondary N) is 1. The lowest BCUT2D eigenvalue weighted by molar-refractivity contribution is 0.0705. The molecular weight excluding hydrogens is 278 g/mol. The van der Waals surface area contributed by atoms with Crippen LogP contribution in [0.25, 0.3) is 0 Å². The van der Waals surface area contributed by atoms with Crippen LogP contribution in [0.1, 0.15) is 27.2 Å². The summed E-state index contributed by atoms with van der Waals surface area (Å²) in [5.74, 6) is -0.524. The highest BCUT2D eigenvalue weighted by Gasteiger charge is 2.25. The zero-order valence-electron chi connectivity index (χ0n) is 12.5. The van der Waals surface area contributed by atoms with Gasteiger partial charge in [0.15, 0.2) is 0 Å². The van der Waals surface area contributed by atoms with Crippen molar-refractivity contribution in [2.75, 3.05) is 7.05 Å². The molecule has 5 heteroatoms. The fourth-order valence-corrected chi connectivity index (χ4v) is 2.94. The third kappa shape index (κ3) is 3.00. The summed E-state index contributed by atoms with van der Waals surface area (Å²) in [5, 5.41) is 8.71. The van der Waals surface area contributed by atoms with E-state index >= 15 is 0 Å². The van der Waals surface area contributed by atoms with Gasteiger partial charge in [-0.25, -0.2) is 5.48 Å². The van der Waals surface area contributed by atoms with Crippen molar-refractivity contribution in [2.45, 2.75) is 25.4 Å². The summed E-state index contributed by atoms with van der Waals surface area (Å²) in [6.45, 7) is 0.756. The smallest absolute Gasteiger partial charge is 0.276 e. The van der Waals surface area contributed by atoms with Gasteiger partial charge >= 0.3 is 0 Å². The van der Waals surface area contributed by atoms with Crippen LogP contribution in [0.2, 0.25) is 0 Å². The van der Waals surface area contributed by atoms with E-state index in [2.05, 4.69) is 41.2 Å². The maximum Gasteiger partial charge on any atom is 0.276 e. The summed E-state index contributed by atoms with van der Waals surface area (Å²) in [6.07, 6.45) is 3.37. The van der Waals surface area contributed by atoms with Crippen LogP contribution < -0.4 is 5.48 Å². The molecule has 1 aromatic heterocycles. The van der Waals surface area contributed by atoms with Crippen LogP contribution in [-0.4, -0.2) is 34.1 Å². The molecule has 0 fully saturated rings. The minimum atomic E-state index is -0.524. The van der Waals surface area contributed by atoms with Crippen molar-refractivity contribution in [3.05, 3.63) is 65.0 Å². The Kier molecular flexibility index (Phi) is 4.18. The molecule has 0 radical (unpaired) electrons. The number of carbonyl (C=O) groups excluding carboxylic acids is 1. The Hall–Kier alpha value is -2.24. The van der Waals surface area contributed by atoms with Gasteiger partial charge in [-0.1, -0.05) is 30.3 Å². The monoisotopic (exact) mass is 297 g/mol. The molecule has 22 heavy (non-hydrogen) atoms. The number of aromatic nitrogens is 1. The number of nitrogens with zero attached hydrogens (tertiary/aromatic N) is 2. The molecule has 1 amide bonds. The van der Waals surface area contributed by atoms with Gasteiger partial charge in [0.25, 0.3) is 5.91 Å². The highest BCUT2D eigenvalue weighted by Crippen LogP contribution is 2.23. The van der Waals surface area contributed by atoms with Gasteiger partial charge in [0, 0.05) is 30.9 Å². The van der Waals surface area contributed by atoms with Crippen molar-refractivity contribution in [3.63, 3.8) is 0 Å². The quantitative estimate of drug-likeness (QED) is 0.670. The Bertz CT molecular complexity index is 673. The van der Waals surface area contributed by atoms with Gasteiger partial charge in [0.2, 0.25) is 0 Å². The van der Waals surface area contributed by atoms with Crippen molar-refractivity contribution in [3.8, 4) is 0 Å². The fourth-order valence-electron chi connectivity index (χ4n) is 2.94. The van der Waals surface area contributed by atoms with Gasteiger partial charge in [-0.2, -0.15) is 0 Å². The van der Waals surface area contributed by atoms with E-state index in [0.717, 1.165) is 30.6 Å². The van der Waals surface area contributed by atoms with Gasteiger partial charge in [-0.15, -0.1) is 0 Å². The SMILES string of the molecule is CN1Cc2cc(C(=O)NO)cnc2C[C@@H]1Cc1ccccc1. The molecule has 2 heterocycles. The van der Waals surface area contributed by atoms with Gasteiger partial charge in [0.05, 0.1) is 5.56 Å². The van der Waals surface area contributed by atoms with Crippen molar-refractivity contribution in [2.24, 2.45) is 0 Å². The van der Waals surface area contributed by atoms with E-state index in [1.165, 1.54) is 11.8 Å². The molecule has 1 aromatic carbocycles. The molecule has 2 N–H and O–H groups in total. The summed E-state index contributed by atoms with van der Waals surface area (Å²) in [5.41, 5.74) is 5.44. The lowest BCUT2D eigenvalue weighted by Crippen LogP contribution is -2.39. The van der Waals surface area contributed by atoms with Gasteiger partial charge in [-0.3, -0.25) is 19.9 Å². The summed E-state index contributed by atoms with van der Waals surface area (Å²) >= 11 is 0. The number of benzene rings is 1. The lowest BCUT2D eigenvalue weighted by Gasteiger charge is -2.33. The third-order valence-electron chi connectivity index (χ3n) is 4.21. The molecule has 0 unspecified atom stereocenters. The van der Waals surface area contributed by atoms with Crippen LogP contribution >= 0.6 is 0 Å². The first kappa shape index (κ1) is 14.7. The van der Waals surface area contributed by atoms with E-state index in [-0.39, 0.29) is 0 Å². The molecule has 1 atom stereocenters. The number of hydrogen-bond donors (Lipinski definition) is 2.